The first-order valence-corrected chi connectivity index (χ1v) is 7.00. The molecule has 20 heavy (non-hydrogen) atoms. The summed E-state index contributed by atoms with van der Waals surface area (Å²) in [4.78, 5) is 14.2. The Kier molecular flexibility index (Phi) is 4.14. The van der Waals surface area contributed by atoms with Crippen LogP contribution in [0.2, 0.25) is 0 Å². The molecule has 1 aromatic carbocycles. The molecular weight excluding hydrogens is 257 g/mol. The molecule has 1 heterocycles. The fraction of sp³-hybridized carbons (Fsp3) is 0.562. The fourth-order valence-electron chi connectivity index (χ4n) is 2.47. The fourth-order valence-corrected chi connectivity index (χ4v) is 2.47. The van der Waals surface area contributed by atoms with Gasteiger partial charge >= 0.3 is 0 Å². The van der Waals surface area contributed by atoms with E-state index in [2.05, 4.69) is 0 Å². The second-order valence-corrected chi connectivity index (χ2v) is 6.24. The summed E-state index contributed by atoms with van der Waals surface area (Å²) in [6.07, 6.45) is -0.396. The number of nitrogens with zero attached hydrogens (tertiary/aromatic N) is 1. The Balaban J connectivity index is 2.25. The van der Waals surface area contributed by atoms with Crippen molar-refractivity contribution in [2.75, 3.05) is 13.2 Å². The number of carbonyl (C=O) groups excluding carboxylic acids is 1. The molecule has 0 radical (unpaired) electrons. The van der Waals surface area contributed by atoms with Gasteiger partial charge in [0, 0.05) is 11.5 Å². The van der Waals surface area contributed by atoms with E-state index in [1.165, 1.54) is 6.07 Å². The highest BCUT2D eigenvalue weighted by molar-refractivity contribution is 5.79. The van der Waals surface area contributed by atoms with Crippen LogP contribution in [0.5, 0.6) is 0 Å². The Bertz CT molecular complexity index is 499. The van der Waals surface area contributed by atoms with Gasteiger partial charge in [0.05, 0.1) is 18.7 Å². The maximum atomic E-state index is 13.9. The highest BCUT2D eigenvalue weighted by atomic mass is 19.1. The summed E-state index contributed by atoms with van der Waals surface area (Å²) >= 11 is 0. The third-order valence-corrected chi connectivity index (χ3v) is 3.73. The second kappa shape index (κ2) is 5.52. The minimum atomic E-state index is -0.396. The molecule has 0 aromatic heterocycles. The van der Waals surface area contributed by atoms with Crippen molar-refractivity contribution in [3.8, 4) is 0 Å². The molecule has 0 aliphatic carbocycles. The first-order chi connectivity index (χ1) is 9.33. The van der Waals surface area contributed by atoms with Gasteiger partial charge in [0.15, 0.2) is 0 Å². The van der Waals surface area contributed by atoms with Crippen molar-refractivity contribution in [3.63, 3.8) is 0 Å². The first-order valence-electron chi connectivity index (χ1n) is 7.00. The van der Waals surface area contributed by atoms with Crippen molar-refractivity contribution in [2.24, 2.45) is 5.92 Å². The molecule has 3 nitrogen and oxygen atoms in total. The number of ether oxygens (including phenoxy) is 1. The van der Waals surface area contributed by atoms with Crippen LogP contribution < -0.4 is 0 Å². The van der Waals surface area contributed by atoms with Crippen LogP contribution in [0.3, 0.4) is 0 Å². The molecule has 1 amide bonds. The van der Waals surface area contributed by atoms with Gasteiger partial charge in [-0.3, -0.25) is 4.79 Å². The summed E-state index contributed by atoms with van der Waals surface area (Å²) < 4.78 is 19.7. The van der Waals surface area contributed by atoms with E-state index in [4.69, 9.17) is 4.74 Å². The molecule has 1 aliphatic heterocycles. The average Bonchev–Trinajstić information content (AvgIpc) is 2.38. The zero-order valence-corrected chi connectivity index (χ0v) is 12.5. The molecule has 4 heteroatoms. The Labute approximate surface area is 119 Å². The van der Waals surface area contributed by atoms with Crippen LogP contribution in [0.4, 0.5) is 4.39 Å². The summed E-state index contributed by atoms with van der Waals surface area (Å²) in [5.74, 6) is -0.276. The van der Waals surface area contributed by atoms with Crippen molar-refractivity contribution in [1.29, 1.82) is 0 Å². The van der Waals surface area contributed by atoms with Gasteiger partial charge in [-0.2, -0.15) is 0 Å². The molecule has 1 unspecified atom stereocenters. The van der Waals surface area contributed by atoms with E-state index in [9.17, 15) is 9.18 Å². The van der Waals surface area contributed by atoms with Gasteiger partial charge in [0.2, 0.25) is 5.91 Å². The van der Waals surface area contributed by atoms with E-state index >= 15 is 0 Å². The lowest BCUT2D eigenvalue weighted by molar-refractivity contribution is -0.158. The second-order valence-electron chi connectivity index (χ2n) is 6.24. The van der Waals surface area contributed by atoms with E-state index in [0.29, 0.717) is 18.7 Å². The molecule has 1 aromatic rings. The minimum absolute atomic E-state index is 0.0753. The Hall–Kier alpha value is -1.42. The highest BCUT2D eigenvalue weighted by Crippen LogP contribution is 2.32. The van der Waals surface area contributed by atoms with Crippen LogP contribution in [0.1, 0.15) is 39.4 Å². The normalized spacial score (nSPS) is 22.1. The zero-order chi connectivity index (χ0) is 14.9. The lowest BCUT2D eigenvalue weighted by atomic mass is 9.96. The molecule has 110 valence electrons. The third kappa shape index (κ3) is 2.85. The number of halogens is 1. The van der Waals surface area contributed by atoms with E-state index in [1.54, 1.807) is 18.2 Å². The Morgan fingerprint density at radius 3 is 2.65 bits per heavy atom. The van der Waals surface area contributed by atoms with Gasteiger partial charge in [0.25, 0.3) is 0 Å². The number of hydrogen-bond acceptors (Lipinski definition) is 2. The van der Waals surface area contributed by atoms with Crippen molar-refractivity contribution >= 4 is 5.91 Å². The largest absolute Gasteiger partial charge is 0.369 e. The molecule has 0 bridgehead atoms. The van der Waals surface area contributed by atoms with Gasteiger partial charge < -0.3 is 9.64 Å². The van der Waals surface area contributed by atoms with Crippen LogP contribution in [-0.2, 0) is 9.53 Å². The maximum absolute atomic E-state index is 13.9. The molecule has 0 N–H and O–H groups in total. The number of hydrogen-bond donors (Lipinski definition) is 0. The van der Waals surface area contributed by atoms with Crippen LogP contribution in [0, 0.1) is 11.7 Å². The van der Waals surface area contributed by atoms with Crippen LogP contribution in [-0.4, -0.2) is 29.5 Å². The van der Waals surface area contributed by atoms with E-state index < -0.39 is 6.10 Å². The highest BCUT2D eigenvalue weighted by Gasteiger charge is 2.39. The van der Waals surface area contributed by atoms with E-state index in [0.717, 1.165) is 0 Å². The van der Waals surface area contributed by atoms with Gasteiger partial charge in [-0.05, 0) is 19.9 Å². The maximum Gasteiger partial charge on any atom is 0.225 e. The predicted molar refractivity (Wildman–Crippen MR) is 75.7 cm³/mol. The van der Waals surface area contributed by atoms with Crippen molar-refractivity contribution in [2.45, 2.75) is 39.3 Å². The third-order valence-electron chi connectivity index (χ3n) is 3.73. The lowest BCUT2D eigenvalue weighted by Gasteiger charge is -2.46. The number of amides is 1. The molecule has 1 saturated heterocycles. The summed E-state index contributed by atoms with van der Waals surface area (Å²) in [6.45, 7) is 8.52. The number of carbonyl (C=O) groups is 1. The Morgan fingerprint density at radius 2 is 2.05 bits per heavy atom. The van der Waals surface area contributed by atoms with Crippen molar-refractivity contribution < 1.29 is 13.9 Å². The van der Waals surface area contributed by atoms with E-state index in [1.807, 2.05) is 32.6 Å². The van der Waals surface area contributed by atoms with Crippen molar-refractivity contribution in [1.82, 2.24) is 4.90 Å². The first kappa shape index (κ1) is 15.0. The summed E-state index contributed by atoms with van der Waals surface area (Å²) in [5.41, 5.74) is 0.160. The predicted octanol–water partition coefficient (Wildman–Crippen LogP) is 3.16. The molecule has 0 spiro atoms. The molecule has 1 atom stereocenters. The van der Waals surface area contributed by atoms with Gasteiger partial charge in [0.1, 0.15) is 11.9 Å². The number of benzene rings is 1. The van der Waals surface area contributed by atoms with E-state index in [-0.39, 0.29) is 23.2 Å². The lowest BCUT2D eigenvalue weighted by Crippen LogP contribution is -2.57. The molecular formula is C16H22FNO2. The summed E-state index contributed by atoms with van der Waals surface area (Å²) in [6, 6.07) is 6.59. The van der Waals surface area contributed by atoms with Gasteiger partial charge in [-0.1, -0.05) is 32.0 Å². The molecule has 1 fully saturated rings. The van der Waals surface area contributed by atoms with Crippen LogP contribution in [0.25, 0.3) is 0 Å². The standard InChI is InChI=1S/C16H22FNO2/c1-11(2)15(19)18-9-14(20-10-16(18,3)4)12-7-5-6-8-13(12)17/h5-8,11,14H,9-10H2,1-4H3. The average molecular weight is 279 g/mol. The van der Waals surface area contributed by atoms with Crippen LogP contribution in [0.15, 0.2) is 24.3 Å². The SMILES string of the molecule is CC(C)C(=O)N1CC(c2ccccc2F)OCC1(C)C. The van der Waals surface area contributed by atoms with Crippen LogP contribution >= 0.6 is 0 Å². The smallest absolute Gasteiger partial charge is 0.225 e. The summed E-state index contributed by atoms with van der Waals surface area (Å²) in [5, 5.41) is 0. The topological polar surface area (TPSA) is 29.5 Å². The zero-order valence-electron chi connectivity index (χ0n) is 12.5. The Morgan fingerprint density at radius 1 is 1.40 bits per heavy atom. The number of rotatable bonds is 2. The molecule has 0 saturated carbocycles. The molecule has 1 aliphatic rings. The quantitative estimate of drug-likeness (QED) is 0.832. The minimum Gasteiger partial charge on any atom is -0.369 e. The molecule has 2 rings (SSSR count). The number of morpholine rings is 1. The van der Waals surface area contributed by atoms with Gasteiger partial charge in [-0.25, -0.2) is 4.39 Å². The summed E-state index contributed by atoms with van der Waals surface area (Å²) in [7, 11) is 0. The van der Waals surface area contributed by atoms with Gasteiger partial charge in [-0.15, -0.1) is 0 Å². The monoisotopic (exact) mass is 279 g/mol. The van der Waals surface area contributed by atoms with Crippen molar-refractivity contribution in [3.05, 3.63) is 35.6 Å².